The molecule has 0 radical (unpaired) electrons. The van der Waals surface area contributed by atoms with Crippen LogP contribution in [0, 0.1) is 0 Å². The molecule has 0 heterocycles. The van der Waals surface area contributed by atoms with E-state index in [-0.39, 0.29) is 6.54 Å². The van der Waals surface area contributed by atoms with Crippen LogP contribution in [0.25, 0.3) is 0 Å². The van der Waals surface area contributed by atoms with Crippen LogP contribution in [-0.4, -0.2) is 70.7 Å². The molecule has 0 N–H and O–H groups in total. The zero-order valence-corrected chi connectivity index (χ0v) is 19.8. The van der Waals surface area contributed by atoms with Crippen molar-refractivity contribution >= 4 is 14.4 Å². The lowest BCUT2D eigenvalue weighted by Gasteiger charge is -2.45. The van der Waals surface area contributed by atoms with E-state index in [2.05, 4.69) is 64.7 Å². The zero-order chi connectivity index (χ0) is 22.2. The van der Waals surface area contributed by atoms with Crippen molar-refractivity contribution in [1.82, 2.24) is 14.2 Å². The van der Waals surface area contributed by atoms with Gasteiger partial charge in [0.2, 0.25) is 0 Å². The Bertz CT molecular complexity index is 424. The van der Waals surface area contributed by atoms with Crippen LogP contribution in [0.2, 0.25) is 0 Å². The number of hydrogen-bond acceptors (Lipinski definition) is 4. The van der Waals surface area contributed by atoms with Crippen molar-refractivity contribution in [3.63, 3.8) is 0 Å². The summed E-state index contributed by atoms with van der Waals surface area (Å²) in [5.74, 6) is -1.80. The summed E-state index contributed by atoms with van der Waals surface area (Å²) in [6.07, 6.45) is -3.75. The van der Waals surface area contributed by atoms with E-state index in [1.165, 1.54) is 7.05 Å². The smallest absolute Gasteiger partial charge is 0.338 e. The molecule has 0 aliphatic rings. The summed E-state index contributed by atoms with van der Waals surface area (Å²) in [6, 6.07) is 1.23. The maximum Gasteiger partial charge on any atom is 0.471 e. The summed E-state index contributed by atoms with van der Waals surface area (Å²) in [5, 5.41) is 0. The van der Waals surface area contributed by atoms with Crippen molar-refractivity contribution < 1.29 is 22.5 Å². The first kappa shape index (κ1) is 27.6. The van der Waals surface area contributed by atoms with Crippen LogP contribution in [-0.2, 0) is 9.32 Å². The Labute approximate surface area is 170 Å². The lowest BCUT2D eigenvalue weighted by Crippen LogP contribution is -2.43. The minimum absolute atomic E-state index is 0.0653. The molecule has 5 nitrogen and oxygen atoms in total. The third kappa shape index (κ3) is 8.93. The Hall–Kier alpha value is -0.430. The summed E-state index contributed by atoms with van der Waals surface area (Å²) in [7, 11) is 0.181. The molecule has 0 aromatic heterocycles. The second kappa shape index (κ2) is 12.3. The second-order valence-electron chi connectivity index (χ2n) is 8.15. The number of halogens is 3. The fourth-order valence-corrected chi connectivity index (χ4v) is 5.53. The molecule has 0 saturated carbocycles. The van der Waals surface area contributed by atoms with Crippen LogP contribution in [0.15, 0.2) is 0 Å². The van der Waals surface area contributed by atoms with Gasteiger partial charge in [-0.15, -0.1) is 0 Å². The Balaban J connectivity index is 4.93. The molecule has 0 saturated heterocycles. The monoisotopic (exact) mass is 429 g/mol. The number of carbonyl (C=O) groups excluding carboxylic acids is 1. The highest BCUT2D eigenvalue weighted by Crippen LogP contribution is 2.50. The molecule has 28 heavy (non-hydrogen) atoms. The highest BCUT2D eigenvalue weighted by atomic mass is 31.2. The van der Waals surface area contributed by atoms with Crippen LogP contribution in [0.5, 0.6) is 0 Å². The molecular formula is C19H39F3N3O2P. The van der Waals surface area contributed by atoms with Crippen LogP contribution in [0.4, 0.5) is 13.2 Å². The van der Waals surface area contributed by atoms with E-state index < -0.39 is 20.5 Å². The molecule has 0 unspecified atom stereocenters. The summed E-state index contributed by atoms with van der Waals surface area (Å²) >= 11 is 0. The number of alkyl halides is 3. The molecule has 0 atom stereocenters. The molecule has 0 fully saturated rings. The SMILES string of the molecule is CC(C)N(C(C)C)P(OCCCCN(C)C(=O)C(F)(F)F)N(C(C)C)C(C)C. The molecule has 0 aromatic rings. The van der Waals surface area contributed by atoms with E-state index in [0.717, 1.165) is 4.90 Å². The van der Waals surface area contributed by atoms with E-state index in [9.17, 15) is 18.0 Å². The molecular weight excluding hydrogens is 390 g/mol. The van der Waals surface area contributed by atoms with E-state index in [0.29, 0.717) is 43.6 Å². The van der Waals surface area contributed by atoms with Gasteiger partial charge < -0.3 is 9.42 Å². The minimum Gasteiger partial charge on any atom is -0.338 e. The van der Waals surface area contributed by atoms with Gasteiger partial charge in [0.1, 0.15) is 0 Å². The van der Waals surface area contributed by atoms with Crippen LogP contribution >= 0.6 is 8.45 Å². The van der Waals surface area contributed by atoms with Gasteiger partial charge in [-0.3, -0.25) is 4.79 Å². The van der Waals surface area contributed by atoms with Gasteiger partial charge in [-0.1, -0.05) is 0 Å². The van der Waals surface area contributed by atoms with Crippen molar-refractivity contribution in [3.8, 4) is 0 Å². The first-order chi connectivity index (χ1) is 12.7. The minimum atomic E-state index is -4.82. The summed E-state index contributed by atoms with van der Waals surface area (Å²) < 4.78 is 48.4. The molecule has 0 aliphatic heterocycles. The van der Waals surface area contributed by atoms with Gasteiger partial charge in [0.05, 0.1) is 6.61 Å². The van der Waals surface area contributed by atoms with Crippen LogP contribution < -0.4 is 0 Å². The van der Waals surface area contributed by atoms with Gasteiger partial charge in [0.15, 0.2) is 8.45 Å². The number of nitrogens with zero attached hydrogens (tertiary/aromatic N) is 3. The molecule has 1 amide bonds. The van der Waals surface area contributed by atoms with E-state index in [1.807, 2.05) is 0 Å². The molecule has 0 rings (SSSR count). The van der Waals surface area contributed by atoms with E-state index in [4.69, 9.17) is 4.52 Å². The van der Waals surface area contributed by atoms with Crippen molar-refractivity contribution in [2.45, 2.75) is 98.6 Å². The number of rotatable bonds is 12. The second-order valence-corrected chi connectivity index (χ2v) is 9.84. The summed E-state index contributed by atoms with van der Waals surface area (Å²) in [6.45, 7) is 17.7. The van der Waals surface area contributed by atoms with E-state index >= 15 is 0 Å². The highest BCUT2D eigenvalue weighted by molar-refractivity contribution is 7.47. The highest BCUT2D eigenvalue weighted by Gasteiger charge is 2.41. The first-order valence-electron chi connectivity index (χ1n) is 10.0. The van der Waals surface area contributed by atoms with Gasteiger partial charge in [-0.2, -0.15) is 13.2 Å². The Morgan fingerprint density at radius 1 is 0.857 bits per heavy atom. The Morgan fingerprint density at radius 3 is 1.57 bits per heavy atom. The average molecular weight is 430 g/mol. The summed E-state index contributed by atoms with van der Waals surface area (Å²) in [4.78, 5) is 11.9. The van der Waals surface area contributed by atoms with Crippen LogP contribution in [0.1, 0.15) is 68.2 Å². The average Bonchev–Trinajstić information content (AvgIpc) is 2.50. The molecule has 0 aliphatic carbocycles. The molecule has 0 bridgehead atoms. The molecule has 0 aromatic carbocycles. The van der Waals surface area contributed by atoms with E-state index in [1.54, 1.807) is 0 Å². The predicted molar refractivity (Wildman–Crippen MR) is 110 cm³/mol. The summed E-state index contributed by atoms with van der Waals surface area (Å²) in [5.41, 5.74) is 0. The Kier molecular flexibility index (Phi) is 12.1. The third-order valence-electron chi connectivity index (χ3n) is 4.20. The molecule has 0 spiro atoms. The first-order valence-corrected chi connectivity index (χ1v) is 11.2. The predicted octanol–water partition coefficient (Wildman–Crippen LogP) is 5.27. The van der Waals surface area contributed by atoms with Gasteiger partial charge in [0.25, 0.3) is 0 Å². The van der Waals surface area contributed by atoms with Crippen LogP contribution in [0.3, 0.4) is 0 Å². The Morgan fingerprint density at radius 2 is 1.25 bits per heavy atom. The van der Waals surface area contributed by atoms with Gasteiger partial charge in [-0.05, 0) is 68.2 Å². The standard InChI is InChI=1S/C19H39F3N3O2P/c1-14(2)24(15(3)4)28(25(16(5)6)17(7)8)27-13-11-10-12-23(9)18(26)19(20,21)22/h14-17H,10-13H2,1-9H3. The van der Waals surface area contributed by atoms with Crippen molar-refractivity contribution in [2.75, 3.05) is 20.2 Å². The fourth-order valence-electron chi connectivity index (χ4n) is 3.15. The third-order valence-corrected chi connectivity index (χ3v) is 7.25. The van der Waals surface area contributed by atoms with Gasteiger partial charge in [0, 0.05) is 37.8 Å². The van der Waals surface area contributed by atoms with Gasteiger partial charge >= 0.3 is 12.1 Å². The topological polar surface area (TPSA) is 36.0 Å². The number of hydrogen-bond donors (Lipinski definition) is 0. The molecule has 9 heteroatoms. The lowest BCUT2D eigenvalue weighted by molar-refractivity contribution is -0.184. The maximum atomic E-state index is 12.4. The fraction of sp³-hybridized carbons (Fsp3) is 0.947. The van der Waals surface area contributed by atoms with Crippen molar-refractivity contribution in [1.29, 1.82) is 0 Å². The van der Waals surface area contributed by atoms with Crippen molar-refractivity contribution in [2.24, 2.45) is 0 Å². The zero-order valence-electron chi connectivity index (χ0n) is 18.9. The maximum absolute atomic E-state index is 12.4. The number of carbonyl (C=O) groups is 1. The quantitative estimate of drug-likeness (QED) is 0.313. The lowest BCUT2D eigenvalue weighted by atomic mass is 10.3. The van der Waals surface area contributed by atoms with Crippen molar-refractivity contribution in [3.05, 3.63) is 0 Å². The number of amides is 1. The van der Waals surface area contributed by atoms with Gasteiger partial charge in [-0.25, -0.2) is 9.34 Å². The normalized spacial score (nSPS) is 13.2. The largest absolute Gasteiger partial charge is 0.471 e. The molecule has 168 valence electrons. The number of unbranched alkanes of at least 4 members (excludes halogenated alkanes) is 1.